The maximum atomic E-state index is 13.1. The molecule has 0 fully saturated rings. The Balaban J connectivity index is 2.45. The topological polar surface area (TPSA) is 107 Å². The van der Waals surface area contributed by atoms with Crippen LogP contribution in [0.2, 0.25) is 0 Å². The molecule has 0 aromatic heterocycles. The van der Waals surface area contributed by atoms with E-state index in [1.54, 1.807) is 75.4 Å². The predicted molar refractivity (Wildman–Crippen MR) is 119 cm³/mol. The van der Waals surface area contributed by atoms with E-state index in [0.717, 1.165) is 15.6 Å². The fraction of sp³-hybridized carbons (Fsp3) is 0.375. The fourth-order valence-corrected chi connectivity index (χ4v) is 3.27. The van der Waals surface area contributed by atoms with Crippen molar-refractivity contribution in [2.75, 3.05) is 7.05 Å². The summed E-state index contributed by atoms with van der Waals surface area (Å²) in [6.45, 7) is 4.98. The molecule has 2 N–H and O–H groups in total. The number of hydrogen-bond acceptors (Lipinski definition) is 5. The number of nitrogens with zero attached hydrogens (tertiary/aromatic N) is 2. The molecule has 0 aliphatic rings. The van der Waals surface area contributed by atoms with Crippen LogP contribution in [0.5, 0.6) is 0 Å². The molecule has 1 amide bonds. The van der Waals surface area contributed by atoms with E-state index < -0.39 is 35.7 Å². The quantitative estimate of drug-likeness (QED) is 0.573. The summed E-state index contributed by atoms with van der Waals surface area (Å²) >= 11 is 0. The summed E-state index contributed by atoms with van der Waals surface area (Å²) in [7, 11) is 1.40. The van der Waals surface area contributed by atoms with Crippen molar-refractivity contribution in [3.05, 3.63) is 71.8 Å². The Morgan fingerprint density at radius 1 is 0.812 bits per heavy atom. The summed E-state index contributed by atoms with van der Waals surface area (Å²) in [4.78, 5) is 37.5. The van der Waals surface area contributed by atoms with E-state index in [2.05, 4.69) is 0 Å². The number of carbonyl (C=O) groups excluding carboxylic acids is 1. The van der Waals surface area contributed by atoms with Crippen LogP contribution >= 0.6 is 0 Å². The van der Waals surface area contributed by atoms with E-state index in [4.69, 9.17) is 4.74 Å². The molecule has 172 valence electrons. The smallest absolute Gasteiger partial charge is 0.425 e. The zero-order valence-corrected chi connectivity index (χ0v) is 18.8. The summed E-state index contributed by atoms with van der Waals surface area (Å²) in [5.41, 5.74) is 0.534. The molecule has 2 aromatic carbocycles. The van der Waals surface area contributed by atoms with Gasteiger partial charge in [0.15, 0.2) is 6.04 Å². The average Bonchev–Trinajstić information content (AvgIpc) is 2.71. The van der Waals surface area contributed by atoms with Gasteiger partial charge >= 0.3 is 18.0 Å². The first kappa shape index (κ1) is 24.9. The largest absolute Gasteiger partial charge is 0.480 e. The van der Waals surface area contributed by atoms with Crippen molar-refractivity contribution in [3.63, 3.8) is 0 Å². The Hall–Kier alpha value is -3.39. The summed E-state index contributed by atoms with van der Waals surface area (Å²) in [5, 5.41) is 22.0. The van der Waals surface area contributed by atoms with Gasteiger partial charge in [-0.15, -0.1) is 0 Å². The number of aliphatic carboxylic acids is 2. The molecule has 8 nitrogen and oxygen atoms in total. The minimum absolute atomic E-state index is 0.0164. The van der Waals surface area contributed by atoms with Gasteiger partial charge in [0.1, 0.15) is 11.6 Å². The molecular formula is C24H30N2O6. The molecule has 32 heavy (non-hydrogen) atoms. The van der Waals surface area contributed by atoms with Gasteiger partial charge in [-0.05, 0) is 31.9 Å². The van der Waals surface area contributed by atoms with Crippen molar-refractivity contribution < 1.29 is 29.3 Å². The third-order valence-corrected chi connectivity index (χ3v) is 4.78. The number of ether oxygens (including phenoxy) is 1. The van der Waals surface area contributed by atoms with Crippen molar-refractivity contribution in [1.82, 2.24) is 10.0 Å². The van der Waals surface area contributed by atoms with Crippen LogP contribution < -0.4 is 0 Å². The molecule has 0 unspecified atom stereocenters. The second-order valence-electron chi connectivity index (χ2n) is 8.49. The molecule has 0 bridgehead atoms. The van der Waals surface area contributed by atoms with Crippen molar-refractivity contribution in [3.8, 4) is 0 Å². The number of carbonyl (C=O) groups is 3. The van der Waals surface area contributed by atoms with Crippen LogP contribution in [0, 0.1) is 0 Å². The number of rotatable bonds is 9. The van der Waals surface area contributed by atoms with Crippen molar-refractivity contribution in [2.24, 2.45) is 0 Å². The summed E-state index contributed by atoms with van der Waals surface area (Å²) in [6.07, 6.45) is -0.871. The van der Waals surface area contributed by atoms with Gasteiger partial charge in [-0.2, -0.15) is 0 Å². The molecular weight excluding hydrogens is 412 g/mol. The van der Waals surface area contributed by atoms with Gasteiger partial charge in [-0.3, -0.25) is 4.79 Å². The van der Waals surface area contributed by atoms with Gasteiger partial charge in [0.05, 0.1) is 0 Å². The standard InChI is InChI=1S/C24H30N2O6/c1-24(2,3)32-23(31)26(20(22(29)30)16-18-13-9-6-10-14-18)25(4)19(21(27)28)15-17-11-7-5-8-12-17/h5-14,19-20H,15-16H2,1-4H3,(H,27,28)(H,29,30)/t19-,20-/m0/s1. The van der Waals surface area contributed by atoms with Gasteiger partial charge in [0.25, 0.3) is 0 Å². The molecule has 2 atom stereocenters. The average molecular weight is 443 g/mol. The highest BCUT2D eigenvalue weighted by Crippen LogP contribution is 2.20. The number of hydrazine groups is 1. The Bertz CT molecular complexity index is 911. The first-order chi connectivity index (χ1) is 15.0. The summed E-state index contributed by atoms with van der Waals surface area (Å²) in [6, 6.07) is 15.2. The summed E-state index contributed by atoms with van der Waals surface area (Å²) in [5.74, 6) is -2.45. The van der Waals surface area contributed by atoms with E-state index >= 15 is 0 Å². The highest BCUT2D eigenvalue weighted by Gasteiger charge is 2.40. The second-order valence-corrected chi connectivity index (χ2v) is 8.49. The van der Waals surface area contributed by atoms with Crippen LogP contribution in [0.15, 0.2) is 60.7 Å². The lowest BCUT2D eigenvalue weighted by atomic mass is 10.0. The van der Waals surface area contributed by atoms with Crippen molar-refractivity contribution >= 4 is 18.0 Å². The lowest BCUT2D eigenvalue weighted by molar-refractivity contribution is -0.162. The minimum atomic E-state index is -1.37. The zero-order chi connectivity index (χ0) is 23.9. The van der Waals surface area contributed by atoms with Crippen LogP contribution in [0.25, 0.3) is 0 Å². The minimum Gasteiger partial charge on any atom is -0.480 e. The lowest BCUT2D eigenvalue weighted by Crippen LogP contribution is -2.60. The zero-order valence-electron chi connectivity index (χ0n) is 18.8. The normalized spacial score (nSPS) is 13.3. The number of benzene rings is 2. The Morgan fingerprint density at radius 2 is 1.22 bits per heavy atom. The van der Waals surface area contributed by atoms with Crippen LogP contribution in [0.1, 0.15) is 31.9 Å². The highest BCUT2D eigenvalue weighted by molar-refractivity contribution is 5.81. The van der Waals surface area contributed by atoms with E-state index in [1.807, 2.05) is 6.07 Å². The van der Waals surface area contributed by atoms with Crippen LogP contribution in [-0.2, 0) is 27.2 Å². The first-order valence-electron chi connectivity index (χ1n) is 10.3. The van der Waals surface area contributed by atoms with Gasteiger partial charge in [0, 0.05) is 19.9 Å². The Labute approximate surface area is 188 Å². The van der Waals surface area contributed by atoms with Crippen LogP contribution in [0.4, 0.5) is 4.79 Å². The van der Waals surface area contributed by atoms with Gasteiger partial charge < -0.3 is 14.9 Å². The number of likely N-dealkylation sites (N-methyl/N-ethyl adjacent to an activating group) is 1. The molecule has 0 radical (unpaired) electrons. The van der Waals surface area contributed by atoms with Gasteiger partial charge in [0.2, 0.25) is 0 Å². The number of carboxylic acid groups (broad SMARTS) is 2. The highest BCUT2D eigenvalue weighted by atomic mass is 16.6. The van der Waals surface area contributed by atoms with E-state index in [1.165, 1.54) is 7.05 Å². The van der Waals surface area contributed by atoms with Crippen molar-refractivity contribution in [1.29, 1.82) is 0 Å². The second kappa shape index (κ2) is 10.8. The Kier molecular flexibility index (Phi) is 8.37. The molecule has 2 aromatic rings. The van der Waals surface area contributed by atoms with E-state index in [9.17, 15) is 24.6 Å². The maximum absolute atomic E-state index is 13.1. The van der Waals surface area contributed by atoms with Crippen molar-refractivity contribution in [2.45, 2.75) is 51.3 Å². The molecule has 0 heterocycles. The third kappa shape index (κ3) is 7.09. The number of carboxylic acids is 2. The molecule has 8 heteroatoms. The molecule has 0 aliphatic carbocycles. The number of hydrogen-bond donors (Lipinski definition) is 2. The molecule has 0 spiro atoms. The Morgan fingerprint density at radius 3 is 1.59 bits per heavy atom. The predicted octanol–water partition coefficient (Wildman–Crippen LogP) is 3.46. The lowest BCUT2D eigenvalue weighted by Gasteiger charge is -2.39. The summed E-state index contributed by atoms with van der Waals surface area (Å²) < 4.78 is 5.46. The van der Waals surface area contributed by atoms with E-state index in [-0.39, 0.29) is 12.8 Å². The molecule has 0 saturated heterocycles. The fourth-order valence-electron chi connectivity index (χ4n) is 3.27. The SMILES string of the molecule is CN([C@@H](Cc1ccccc1)C(=O)O)N(C(=O)OC(C)(C)C)[C@@H](Cc1ccccc1)C(=O)O. The monoisotopic (exact) mass is 442 g/mol. The first-order valence-corrected chi connectivity index (χ1v) is 10.3. The van der Waals surface area contributed by atoms with E-state index in [0.29, 0.717) is 5.56 Å². The molecule has 0 aliphatic heterocycles. The van der Waals surface area contributed by atoms with Crippen LogP contribution in [0.3, 0.4) is 0 Å². The van der Waals surface area contributed by atoms with Gasteiger partial charge in [-0.1, -0.05) is 60.7 Å². The third-order valence-electron chi connectivity index (χ3n) is 4.78. The number of amides is 1. The van der Waals surface area contributed by atoms with Crippen LogP contribution in [-0.4, -0.2) is 63.0 Å². The molecule has 2 rings (SSSR count). The molecule has 0 saturated carbocycles. The van der Waals surface area contributed by atoms with Gasteiger partial charge in [-0.25, -0.2) is 19.6 Å². The maximum Gasteiger partial charge on any atom is 0.425 e.